The van der Waals surface area contributed by atoms with E-state index in [-0.39, 0.29) is 11.9 Å². The molecule has 0 bridgehead atoms. The first-order valence-corrected chi connectivity index (χ1v) is 9.48. The van der Waals surface area contributed by atoms with Gasteiger partial charge < -0.3 is 5.32 Å². The summed E-state index contributed by atoms with van der Waals surface area (Å²) in [5.74, 6) is -0.303. The van der Waals surface area contributed by atoms with Gasteiger partial charge in [-0.15, -0.1) is 0 Å². The minimum atomic E-state index is -3.62. The van der Waals surface area contributed by atoms with Crippen molar-refractivity contribution in [2.24, 2.45) is 0 Å². The molecule has 0 aliphatic carbocycles. The third kappa shape index (κ3) is 4.88. The number of nitrogens with one attached hydrogen (secondary N) is 1. The minimum absolute atomic E-state index is 0.0117. The van der Waals surface area contributed by atoms with Crippen LogP contribution in [0.2, 0.25) is 5.02 Å². The average molecular weight is 347 g/mol. The quantitative estimate of drug-likeness (QED) is 0.825. The lowest BCUT2D eigenvalue weighted by atomic mass is 10.1. The summed E-state index contributed by atoms with van der Waals surface area (Å²) < 4.78 is 25.5. The van der Waals surface area contributed by atoms with Crippen LogP contribution in [0.25, 0.3) is 0 Å². The van der Waals surface area contributed by atoms with Crippen molar-refractivity contribution in [1.29, 1.82) is 0 Å². The fourth-order valence-electron chi connectivity index (χ4n) is 2.11. The third-order valence-corrected chi connectivity index (χ3v) is 4.81. The van der Waals surface area contributed by atoms with E-state index in [1.165, 1.54) is 0 Å². The predicted octanol–water partition coefficient (Wildman–Crippen LogP) is 2.80. The summed E-state index contributed by atoms with van der Waals surface area (Å²) in [4.78, 5) is 12.4. The number of hydrogen-bond donors (Lipinski definition) is 1. The zero-order valence-electron chi connectivity index (χ0n) is 13.3. The lowest BCUT2D eigenvalue weighted by Crippen LogP contribution is -2.51. The molecular formula is C15H23ClN2O3S. The van der Waals surface area contributed by atoms with Crippen LogP contribution in [-0.2, 0) is 14.8 Å². The number of amides is 1. The van der Waals surface area contributed by atoms with Gasteiger partial charge in [-0.25, -0.2) is 8.42 Å². The number of carbonyl (C=O) groups is 1. The van der Waals surface area contributed by atoms with E-state index in [1.807, 2.05) is 13.8 Å². The third-order valence-electron chi connectivity index (χ3n) is 3.39. The van der Waals surface area contributed by atoms with Gasteiger partial charge >= 0.3 is 0 Å². The molecule has 1 rings (SSSR count). The van der Waals surface area contributed by atoms with Crippen molar-refractivity contribution >= 4 is 33.2 Å². The second-order valence-electron chi connectivity index (χ2n) is 5.28. The highest BCUT2D eigenvalue weighted by atomic mass is 35.5. The smallest absolute Gasteiger partial charge is 0.244 e. The molecule has 7 heteroatoms. The van der Waals surface area contributed by atoms with Crippen LogP contribution in [0, 0.1) is 0 Å². The molecule has 0 heterocycles. The Morgan fingerprint density at radius 1 is 1.32 bits per heavy atom. The monoisotopic (exact) mass is 346 g/mol. The van der Waals surface area contributed by atoms with Gasteiger partial charge in [0, 0.05) is 11.1 Å². The van der Waals surface area contributed by atoms with Crippen LogP contribution >= 0.6 is 11.6 Å². The molecule has 1 amide bonds. The molecule has 0 saturated heterocycles. The topological polar surface area (TPSA) is 66.5 Å². The molecule has 1 aromatic rings. The molecule has 5 nitrogen and oxygen atoms in total. The molecule has 1 aromatic carbocycles. The van der Waals surface area contributed by atoms with Gasteiger partial charge in [0.05, 0.1) is 11.9 Å². The van der Waals surface area contributed by atoms with Crippen LogP contribution < -0.4 is 9.62 Å². The fourth-order valence-corrected chi connectivity index (χ4v) is 3.50. The second kappa shape index (κ2) is 7.83. The van der Waals surface area contributed by atoms with Crippen LogP contribution in [0.4, 0.5) is 5.69 Å². The number of anilines is 1. The largest absolute Gasteiger partial charge is 0.352 e. The number of carbonyl (C=O) groups excluding carboxylic acids is 1. The number of hydrogen-bond acceptors (Lipinski definition) is 3. The lowest BCUT2D eigenvalue weighted by molar-refractivity contribution is -0.122. The summed E-state index contributed by atoms with van der Waals surface area (Å²) in [5, 5.41) is 3.26. The average Bonchev–Trinajstić information content (AvgIpc) is 2.42. The summed E-state index contributed by atoms with van der Waals surface area (Å²) in [6, 6.07) is 5.68. The van der Waals surface area contributed by atoms with E-state index >= 15 is 0 Å². The lowest BCUT2D eigenvalue weighted by Gasteiger charge is -2.31. The van der Waals surface area contributed by atoms with Crippen LogP contribution in [0.15, 0.2) is 24.3 Å². The Morgan fingerprint density at radius 2 is 1.95 bits per heavy atom. The fraction of sp³-hybridized carbons (Fsp3) is 0.533. The Morgan fingerprint density at radius 3 is 2.41 bits per heavy atom. The van der Waals surface area contributed by atoms with E-state index in [2.05, 4.69) is 5.32 Å². The summed E-state index contributed by atoms with van der Waals surface area (Å²) in [5.41, 5.74) is 0.390. The molecule has 0 aromatic heterocycles. The summed E-state index contributed by atoms with van der Waals surface area (Å²) in [6.07, 6.45) is 2.23. The zero-order valence-corrected chi connectivity index (χ0v) is 14.9. The Bertz CT molecular complexity index is 619. The van der Waals surface area contributed by atoms with Crippen molar-refractivity contribution in [3.63, 3.8) is 0 Å². The highest BCUT2D eigenvalue weighted by Crippen LogP contribution is 2.25. The van der Waals surface area contributed by atoms with E-state index in [9.17, 15) is 13.2 Å². The number of halogens is 1. The zero-order chi connectivity index (χ0) is 16.9. The molecule has 1 N–H and O–H groups in total. The normalized spacial score (nSPS) is 14.2. The van der Waals surface area contributed by atoms with E-state index in [0.29, 0.717) is 17.1 Å². The molecule has 2 atom stereocenters. The Kier molecular flexibility index (Phi) is 6.68. The van der Waals surface area contributed by atoms with Crippen LogP contribution in [0.3, 0.4) is 0 Å². The van der Waals surface area contributed by atoms with Crippen molar-refractivity contribution in [3.05, 3.63) is 29.3 Å². The standard InChI is InChI=1S/C15H23ClN2O3S/c1-5-11(3)17-15(19)14(6-2)18(22(4,20)21)13-9-7-8-12(16)10-13/h7-11,14H,5-6H2,1-4H3,(H,17,19)/t11-,14+/m0/s1. The van der Waals surface area contributed by atoms with Gasteiger partial charge in [0.1, 0.15) is 6.04 Å². The van der Waals surface area contributed by atoms with Crippen molar-refractivity contribution in [2.45, 2.75) is 45.7 Å². The van der Waals surface area contributed by atoms with Gasteiger partial charge in [-0.1, -0.05) is 31.5 Å². The maximum Gasteiger partial charge on any atom is 0.244 e. The number of benzene rings is 1. The highest BCUT2D eigenvalue weighted by Gasteiger charge is 2.31. The molecule has 0 radical (unpaired) electrons. The van der Waals surface area contributed by atoms with Crippen molar-refractivity contribution in [2.75, 3.05) is 10.6 Å². The molecule has 0 unspecified atom stereocenters. The van der Waals surface area contributed by atoms with Gasteiger partial charge in [0.15, 0.2) is 0 Å². The van der Waals surface area contributed by atoms with Crippen molar-refractivity contribution in [1.82, 2.24) is 5.32 Å². The summed E-state index contributed by atoms with van der Waals surface area (Å²) in [6.45, 7) is 5.62. The minimum Gasteiger partial charge on any atom is -0.352 e. The van der Waals surface area contributed by atoms with E-state index in [1.54, 1.807) is 31.2 Å². The first kappa shape index (κ1) is 18.8. The van der Waals surface area contributed by atoms with Crippen LogP contribution in [0.1, 0.15) is 33.6 Å². The van der Waals surface area contributed by atoms with E-state index in [4.69, 9.17) is 11.6 Å². The van der Waals surface area contributed by atoms with E-state index in [0.717, 1.165) is 17.0 Å². The van der Waals surface area contributed by atoms with Gasteiger partial charge in [0.2, 0.25) is 15.9 Å². The molecule has 0 spiro atoms. The van der Waals surface area contributed by atoms with Gasteiger partial charge in [-0.05, 0) is 38.0 Å². The van der Waals surface area contributed by atoms with Gasteiger partial charge in [-0.3, -0.25) is 9.10 Å². The first-order valence-electron chi connectivity index (χ1n) is 7.26. The maximum atomic E-state index is 12.4. The van der Waals surface area contributed by atoms with Gasteiger partial charge in [0.25, 0.3) is 0 Å². The molecule has 0 aliphatic heterocycles. The molecule has 0 saturated carbocycles. The number of rotatable bonds is 7. The summed E-state index contributed by atoms with van der Waals surface area (Å²) >= 11 is 5.95. The molecular weight excluding hydrogens is 324 g/mol. The number of nitrogens with zero attached hydrogens (tertiary/aromatic N) is 1. The van der Waals surface area contributed by atoms with Crippen molar-refractivity contribution in [3.8, 4) is 0 Å². The molecule has 22 heavy (non-hydrogen) atoms. The second-order valence-corrected chi connectivity index (χ2v) is 7.58. The molecule has 0 fully saturated rings. The Balaban J connectivity index is 3.23. The highest BCUT2D eigenvalue weighted by molar-refractivity contribution is 7.92. The van der Waals surface area contributed by atoms with E-state index < -0.39 is 16.1 Å². The first-order chi connectivity index (χ1) is 10.2. The Hall–Kier alpha value is -1.27. The SMILES string of the molecule is CC[C@H](C(=O)N[C@@H](C)CC)N(c1cccc(Cl)c1)S(C)(=O)=O. The number of sulfonamides is 1. The Labute approximate surface area is 137 Å². The van der Waals surface area contributed by atoms with Crippen molar-refractivity contribution < 1.29 is 13.2 Å². The summed E-state index contributed by atoms with van der Waals surface area (Å²) in [7, 11) is -3.62. The maximum absolute atomic E-state index is 12.4. The van der Waals surface area contributed by atoms with Gasteiger partial charge in [-0.2, -0.15) is 0 Å². The van der Waals surface area contributed by atoms with Crippen LogP contribution in [-0.4, -0.2) is 32.7 Å². The molecule has 124 valence electrons. The predicted molar refractivity (Wildman–Crippen MR) is 90.7 cm³/mol. The molecule has 0 aliphatic rings. The van der Waals surface area contributed by atoms with Crippen LogP contribution in [0.5, 0.6) is 0 Å².